The molecule has 2 saturated heterocycles. The molecule has 1 aromatic heterocycles. The van der Waals surface area contributed by atoms with Crippen molar-refractivity contribution in [1.82, 2.24) is 31.2 Å². The van der Waals surface area contributed by atoms with Gasteiger partial charge in [-0.1, -0.05) is 31.0 Å². The molecular formula is C32H39BrN6O7. The first-order valence-electron chi connectivity index (χ1n) is 16.1. The topological polar surface area (TPSA) is 190 Å². The number of carbonyl (C=O) groups is 6. The lowest BCUT2D eigenvalue weighted by molar-refractivity contribution is -0.146. The number of carboxylic acids is 1. The zero-order valence-electron chi connectivity index (χ0n) is 25.4. The van der Waals surface area contributed by atoms with Crippen molar-refractivity contribution in [3.05, 3.63) is 34.4 Å². The third-order valence-electron chi connectivity index (χ3n) is 9.76. The van der Waals surface area contributed by atoms with E-state index in [4.69, 9.17) is 0 Å². The molecule has 14 heteroatoms. The van der Waals surface area contributed by atoms with Gasteiger partial charge < -0.3 is 36.3 Å². The minimum Gasteiger partial charge on any atom is -0.481 e. The second-order valence-corrected chi connectivity index (χ2v) is 13.7. The van der Waals surface area contributed by atoms with Gasteiger partial charge in [0.2, 0.25) is 29.5 Å². The second-order valence-electron chi connectivity index (χ2n) is 12.9. The summed E-state index contributed by atoms with van der Waals surface area (Å²) in [5.41, 5.74) is 1.52. The summed E-state index contributed by atoms with van der Waals surface area (Å²) in [6.45, 7) is 0.204. The first-order valence-corrected chi connectivity index (χ1v) is 16.9. The van der Waals surface area contributed by atoms with Crippen LogP contribution in [0.4, 0.5) is 0 Å². The standard InChI is InChI=1S/C32H39BrN6O7/c33-27-19(18-8-3-4-9-20(18)34-27)14-21-28(42)36-22(15-24(40)41)32(46)39-13-5-10-23(39)29(43)37-25(16-6-1-2-7-16)31(45)38-26(17-11-12-17)30(44)35-21/h3-4,8-9,16-17,21-23,25-26,34H,1-2,5-7,10-15H2,(H,35,44)(H,36,42)(H,37,43)(H,38,45)(H,40,41)/t21-,22+,23-,25-,26+/m0/s1. The fourth-order valence-corrected chi connectivity index (χ4v) is 7.79. The predicted molar refractivity (Wildman–Crippen MR) is 169 cm³/mol. The van der Waals surface area contributed by atoms with Crippen LogP contribution in [0.25, 0.3) is 10.9 Å². The van der Waals surface area contributed by atoms with E-state index in [0.717, 1.165) is 49.4 Å². The third kappa shape index (κ3) is 6.76. The van der Waals surface area contributed by atoms with E-state index in [0.29, 0.717) is 23.0 Å². The van der Waals surface area contributed by atoms with Gasteiger partial charge in [-0.3, -0.25) is 28.8 Å². The Balaban J connectivity index is 1.38. The zero-order chi connectivity index (χ0) is 32.5. The van der Waals surface area contributed by atoms with E-state index in [9.17, 15) is 33.9 Å². The number of aromatic nitrogens is 1. The van der Waals surface area contributed by atoms with Crippen molar-refractivity contribution < 1.29 is 33.9 Å². The van der Waals surface area contributed by atoms with Crippen molar-refractivity contribution in [3.8, 4) is 0 Å². The molecule has 2 aromatic rings. The number of aromatic amines is 1. The number of carbonyl (C=O) groups excluding carboxylic acids is 5. The number of nitrogens with zero attached hydrogens (tertiary/aromatic N) is 1. The number of halogens is 1. The fourth-order valence-electron chi connectivity index (χ4n) is 7.20. The Morgan fingerprint density at radius 3 is 2.11 bits per heavy atom. The van der Waals surface area contributed by atoms with Gasteiger partial charge in [0, 0.05) is 23.9 Å². The summed E-state index contributed by atoms with van der Waals surface area (Å²) >= 11 is 3.53. The third-order valence-corrected chi connectivity index (χ3v) is 10.4. The van der Waals surface area contributed by atoms with Crippen LogP contribution < -0.4 is 21.3 Å². The summed E-state index contributed by atoms with van der Waals surface area (Å²) in [5, 5.41) is 21.8. The monoisotopic (exact) mass is 698 g/mol. The second kappa shape index (κ2) is 13.4. The van der Waals surface area contributed by atoms with Crippen LogP contribution in [0, 0.1) is 11.8 Å². The zero-order valence-corrected chi connectivity index (χ0v) is 26.9. The molecule has 6 N–H and O–H groups in total. The number of para-hydroxylation sites is 1. The van der Waals surface area contributed by atoms with E-state index in [1.807, 2.05) is 24.3 Å². The molecule has 0 bridgehead atoms. The molecule has 46 heavy (non-hydrogen) atoms. The Labute approximate surface area is 274 Å². The maximum Gasteiger partial charge on any atom is 0.305 e. The van der Waals surface area contributed by atoms with E-state index >= 15 is 0 Å². The lowest BCUT2D eigenvalue weighted by Gasteiger charge is -2.31. The first kappa shape index (κ1) is 32.0. The summed E-state index contributed by atoms with van der Waals surface area (Å²) in [7, 11) is 0. The van der Waals surface area contributed by atoms with Crippen molar-refractivity contribution in [1.29, 1.82) is 0 Å². The number of benzene rings is 1. The van der Waals surface area contributed by atoms with Crippen LogP contribution in [-0.2, 0) is 35.2 Å². The maximum atomic E-state index is 14.0. The molecule has 6 rings (SSSR count). The summed E-state index contributed by atoms with van der Waals surface area (Å²) in [6, 6.07) is 2.05. The lowest BCUT2D eigenvalue weighted by Crippen LogP contribution is -2.59. The van der Waals surface area contributed by atoms with Gasteiger partial charge in [0.15, 0.2) is 0 Å². The van der Waals surface area contributed by atoms with Crippen LogP contribution in [0.15, 0.2) is 28.9 Å². The largest absolute Gasteiger partial charge is 0.481 e. The van der Waals surface area contributed by atoms with Crippen LogP contribution in [-0.4, -0.2) is 87.2 Å². The molecule has 3 heterocycles. The molecular weight excluding hydrogens is 660 g/mol. The molecule has 2 aliphatic carbocycles. The molecule has 4 fully saturated rings. The minimum atomic E-state index is -1.47. The number of H-pyrrole nitrogens is 1. The first-order chi connectivity index (χ1) is 22.1. The highest BCUT2D eigenvalue weighted by molar-refractivity contribution is 9.10. The minimum absolute atomic E-state index is 0.0125. The van der Waals surface area contributed by atoms with Gasteiger partial charge >= 0.3 is 5.97 Å². The smallest absolute Gasteiger partial charge is 0.305 e. The van der Waals surface area contributed by atoms with Crippen LogP contribution in [0.3, 0.4) is 0 Å². The number of hydrogen-bond acceptors (Lipinski definition) is 6. The predicted octanol–water partition coefficient (Wildman–Crippen LogP) is 1.49. The van der Waals surface area contributed by atoms with E-state index in [1.165, 1.54) is 4.90 Å². The van der Waals surface area contributed by atoms with Gasteiger partial charge in [0.1, 0.15) is 30.2 Å². The van der Waals surface area contributed by atoms with Gasteiger partial charge in [0.25, 0.3) is 0 Å². The van der Waals surface area contributed by atoms with Crippen molar-refractivity contribution in [3.63, 3.8) is 0 Å². The average molecular weight is 700 g/mol. The number of rotatable bonds is 6. The number of nitrogens with one attached hydrogen (secondary N) is 5. The number of hydrogen-bond donors (Lipinski definition) is 6. The molecule has 5 atom stereocenters. The molecule has 0 unspecified atom stereocenters. The molecule has 2 saturated carbocycles. The summed E-state index contributed by atoms with van der Waals surface area (Å²) in [6.07, 6.45) is 4.91. The molecule has 13 nitrogen and oxygen atoms in total. The summed E-state index contributed by atoms with van der Waals surface area (Å²) in [5.74, 6) is -4.51. The van der Waals surface area contributed by atoms with Gasteiger partial charge in [0.05, 0.1) is 11.0 Å². The van der Waals surface area contributed by atoms with Crippen LogP contribution in [0.2, 0.25) is 0 Å². The molecule has 0 spiro atoms. The van der Waals surface area contributed by atoms with E-state index in [2.05, 4.69) is 42.2 Å². The maximum absolute atomic E-state index is 14.0. The average Bonchev–Trinajstić information content (AvgIpc) is 3.38. The SMILES string of the molecule is O=C(O)C[C@H]1NC(=O)[C@H](Cc2c(Br)[nH]c3ccccc23)NC(=O)[C@@H](C2CC2)NC(=O)[C@H](C2CCCC2)NC(=O)[C@@H]2CCCN2C1=O. The Morgan fingerprint density at radius 2 is 1.41 bits per heavy atom. The number of fused-ring (bicyclic) bond motifs is 2. The molecule has 4 aliphatic rings. The van der Waals surface area contributed by atoms with Gasteiger partial charge in [-0.05, 0) is 77.9 Å². The molecule has 2 aliphatic heterocycles. The molecule has 5 amide bonds. The van der Waals surface area contributed by atoms with Crippen LogP contribution in [0.5, 0.6) is 0 Å². The van der Waals surface area contributed by atoms with Gasteiger partial charge in [-0.25, -0.2) is 0 Å². The summed E-state index contributed by atoms with van der Waals surface area (Å²) in [4.78, 5) is 85.7. The molecule has 1 aromatic carbocycles. The highest BCUT2D eigenvalue weighted by Gasteiger charge is 2.45. The fraction of sp³-hybridized carbons (Fsp3) is 0.562. The van der Waals surface area contributed by atoms with Crippen molar-refractivity contribution in [2.75, 3.05) is 6.54 Å². The van der Waals surface area contributed by atoms with Crippen molar-refractivity contribution in [2.45, 2.75) is 94.4 Å². The Kier molecular flexibility index (Phi) is 9.34. The molecule has 0 radical (unpaired) electrons. The highest BCUT2D eigenvalue weighted by atomic mass is 79.9. The Morgan fingerprint density at radius 1 is 0.783 bits per heavy atom. The summed E-state index contributed by atoms with van der Waals surface area (Å²) < 4.78 is 0.612. The van der Waals surface area contributed by atoms with Gasteiger partial charge in [-0.15, -0.1) is 0 Å². The van der Waals surface area contributed by atoms with Crippen LogP contribution in [0.1, 0.15) is 63.4 Å². The van der Waals surface area contributed by atoms with E-state index in [1.54, 1.807) is 0 Å². The normalized spacial score (nSPS) is 28.6. The van der Waals surface area contributed by atoms with Crippen molar-refractivity contribution >= 4 is 62.3 Å². The van der Waals surface area contributed by atoms with Crippen LogP contribution >= 0.6 is 15.9 Å². The lowest BCUT2D eigenvalue weighted by atomic mass is 9.96. The number of amides is 5. The molecule has 246 valence electrons. The van der Waals surface area contributed by atoms with Gasteiger partial charge in [-0.2, -0.15) is 0 Å². The highest BCUT2D eigenvalue weighted by Crippen LogP contribution is 2.34. The van der Waals surface area contributed by atoms with E-state index < -0.39 is 72.1 Å². The number of carboxylic acid groups (broad SMARTS) is 1. The number of aliphatic carboxylic acids is 1. The quantitative estimate of drug-likeness (QED) is 0.263. The Bertz CT molecular complexity index is 1550. The van der Waals surface area contributed by atoms with Crippen molar-refractivity contribution in [2.24, 2.45) is 11.8 Å². The van der Waals surface area contributed by atoms with E-state index in [-0.39, 0.29) is 24.8 Å². The Hall–Kier alpha value is -3.94.